The van der Waals surface area contributed by atoms with E-state index in [4.69, 9.17) is 19.6 Å². The first-order valence-electron chi connectivity index (χ1n) is 8.97. The number of anilines is 1. The number of nitrogens with zero attached hydrogens (tertiary/aromatic N) is 4. The van der Waals surface area contributed by atoms with Crippen LogP contribution in [0.1, 0.15) is 37.6 Å². The lowest BCUT2D eigenvalue weighted by molar-refractivity contribution is 0.00502. The van der Waals surface area contributed by atoms with Crippen LogP contribution >= 0.6 is 0 Å². The minimum atomic E-state index is 0.234. The quantitative estimate of drug-likeness (QED) is 0.882. The summed E-state index contributed by atoms with van der Waals surface area (Å²) in [7, 11) is 0. The SMILES string of the molecule is Nc1cn(C2CCC(N3CCOCC3)CC2)nc1OCc1ncco1. The van der Waals surface area contributed by atoms with Crippen LogP contribution in [-0.4, -0.2) is 52.0 Å². The van der Waals surface area contributed by atoms with Gasteiger partial charge in [-0.05, 0) is 25.7 Å². The number of ether oxygens (including phenoxy) is 2. The molecular weight excluding hydrogens is 322 g/mol. The third kappa shape index (κ3) is 3.80. The Kier molecular flexibility index (Phi) is 4.89. The van der Waals surface area contributed by atoms with Crippen LogP contribution in [0.3, 0.4) is 0 Å². The summed E-state index contributed by atoms with van der Waals surface area (Å²) in [6.45, 7) is 4.07. The molecule has 2 N–H and O–H groups in total. The zero-order valence-electron chi connectivity index (χ0n) is 14.3. The highest BCUT2D eigenvalue weighted by Crippen LogP contribution is 2.33. The van der Waals surface area contributed by atoms with Crippen LogP contribution in [0.4, 0.5) is 5.69 Å². The van der Waals surface area contributed by atoms with Crippen LogP contribution in [0.25, 0.3) is 0 Å². The molecule has 4 rings (SSSR count). The van der Waals surface area contributed by atoms with Crippen molar-refractivity contribution in [3.05, 3.63) is 24.5 Å². The molecule has 2 aromatic heterocycles. The maximum absolute atomic E-state index is 6.05. The molecule has 3 heterocycles. The van der Waals surface area contributed by atoms with Crippen molar-refractivity contribution >= 4 is 5.69 Å². The molecule has 0 atom stereocenters. The first-order valence-corrected chi connectivity index (χ1v) is 8.97. The van der Waals surface area contributed by atoms with E-state index < -0.39 is 0 Å². The maximum atomic E-state index is 6.05. The summed E-state index contributed by atoms with van der Waals surface area (Å²) in [6.07, 6.45) is 9.60. The van der Waals surface area contributed by atoms with E-state index in [1.165, 1.54) is 19.1 Å². The molecule has 0 unspecified atom stereocenters. The summed E-state index contributed by atoms with van der Waals surface area (Å²) in [5.41, 5.74) is 6.61. The van der Waals surface area contributed by atoms with Crippen molar-refractivity contribution in [3.8, 4) is 5.88 Å². The van der Waals surface area contributed by atoms with Crippen molar-refractivity contribution in [2.24, 2.45) is 0 Å². The molecule has 25 heavy (non-hydrogen) atoms. The van der Waals surface area contributed by atoms with Gasteiger partial charge in [0.25, 0.3) is 5.88 Å². The minimum absolute atomic E-state index is 0.234. The number of nitrogens with two attached hydrogens (primary N) is 1. The van der Waals surface area contributed by atoms with E-state index in [1.54, 1.807) is 6.20 Å². The zero-order chi connectivity index (χ0) is 17.1. The number of nitrogen functional groups attached to an aromatic ring is 1. The summed E-state index contributed by atoms with van der Waals surface area (Å²) in [5.74, 6) is 0.966. The molecule has 8 nitrogen and oxygen atoms in total. The highest BCUT2D eigenvalue weighted by molar-refractivity contribution is 5.46. The number of aromatic nitrogens is 3. The van der Waals surface area contributed by atoms with E-state index in [9.17, 15) is 0 Å². The first kappa shape index (κ1) is 16.4. The van der Waals surface area contributed by atoms with Crippen molar-refractivity contribution in [2.75, 3.05) is 32.0 Å². The largest absolute Gasteiger partial charge is 0.465 e. The average Bonchev–Trinajstić information content (AvgIpc) is 3.30. The highest BCUT2D eigenvalue weighted by atomic mass is 16.5. The van der Waals surface area contributed by atoms with Crippen LogP contribution < -0.4 is 10.5 Å². The van der Waals surface area contributed by atoms with Crippen LogP contribution in [0, 0.1) is 0 Å². The van der Waals surface area contributed by atoms with Crippen LogP contribution in [0.2, 0.25) is 0 Å². The smallest absolute Gasteiger partial charge is 0.256 e. The molecule has 0 amide bonds. The fourth-order valence-electron chi connectivity index (χ4n) is 3.77. The number of oxazole rings is 1. The zero-order valence-corrected chi connectivity index (χ0v) is 14.3. The van der Waals surface area contributed by atoms with Gasteiger partial charge in [0, 0.05) is 19.1 Å². The van der Waals surface area contributed by atoms with Crippen molar-refractivity contribution in [3.63, 3.8) is 0 Å². The van der Waals surface area contributed by atoms with Gasteiger partial charge in [0.2, 0.25) is 5.89 Å². The van der Waals surface area contributed by atoms with E-state index in [0.29, 0.717) is 29.5 Å². The molecule has 8 heteroatoms. The molecule has 2 aromatic rings. The predicted molar refractivity (Wildman–Crippen MR) is 91.2 cm³/mol. The van der Waals surface area contributed by atoms with Crippen molar-refractivity contribution in [1.29, 1.82) is 0 Å². The fourth-order valence-corrected chi connectivity index (χ4v) is 3.77. The Bertz CT molecular complexity index is 658. The second-order valence-corrected chi connectivity index (χ2v) is 6.69. The second-order valence-electron chi connectivity index (χ2n) is 6.69. The van der Waals surface area contributed by atoms with Gasteiger partial charge in [0.1, 0.15) is 12.0 Å². The summed E-state index contributed by atoms with van der Waals surface area (Å²) in [5, 5.41) is 4.54. The van der Waals surface area contributed by atoms with Crippen LogP contribution in [0.15, 0.2) is 23.1 Å². The highest BCUT2D eigenvalue weighted by Gasteiger charge is 2.28. The molecule has 1 saturated carbocycles. The van der Waals surface area contributed by atoms with Gasteiger partial charge in [-0.25, -0.2) is 4.98 Å². The average molecular weight is 347 g/mol. The first-order chi connectivity index (χ1) is 12.3. The van der Waals surface area contributed by atoms with Crippen molar-refractivity contribution in [1.82, 2.24) is 19.7 Å². The molecule has 0 spiro atoms. The van der Waals surface area contributed by atoms with E-state index in [2.05, 4.69) is 15.0 Å². The molecule has 0 aromatic carbocycles. The fraction of sp³-hybridized carbons (Fsp3) is 0.647. The van der Waals surface area contributed by atoms with Gasteiger partial charge >= 0.3 is 0 Å². The van der Waals surface area contributed by atoms with Gasteiger partial charge in [-0.3, -0.25) is 9.58 Å². The van der Waals surface area contributed by atoms with Gasteiger partial charge in [-0.15, -0.1) is 5.10 Å². The number of hydrogen-bond donors (Lipinski definition) is 1. The van der Waals surface area contributed by atoms with Crippen LogP contribution in [-0.2, 0) is 11.3 Å². The molecule has 1 aliphatic heterocycles. The van der Waals surface area contributed by atoms with E-state index in [1.807, 2.05) is 10.9 Å². The monoisotopic (exact) mass is 347 g/mol. The van der Waals surface area contributed by atoms with E-state index in [0.717, 1.165) is 39.1 Å². The number of hydrogen-bond acceptors (Lipinski definition) is 7. The Labute approximate surface area is 146 Å². The summed E-state index contributed by atoms with van der Waals surface area (Å²) >= 11 is 0. The Morgan fingerprint density at radius 1 is 1.16 bits per heavy atom. The Hall–Kier alpha value is -2.06. The van der Waals surface area contributed by atoms with Gasteiger partial charge in [-0.1, -0.05) is 0 Å². The van der Waals surface area contributed by atoms with E-state index in [-0.39, 0.29) is 6.61 Å². The maximum Gasteiger partial charge on any atom is 0.256 e. The summed E-state index contributed by atoms with van der Waals surface area (Å²) < 4.78 is 18.2. The molecular formula is C17H25N5O3. The topological polar surface area (TPSA) is 91.6 Å². The van der Waals surface area contributed by atoms with Crippen LogP contribution in [0.5, 0.6) is 5.88 Å². The third-order valence-electron chi connectivity index (χ3n) is 5.14. The lowest BCUT2D eigenvalue weighted by Gasteiger charge is -2.38. The standard InChI is InChI=1S/C17H25N5O3/c18-15-11-22(20-17(15)25-12-16-19-5-8-24-16)14-3-1-13(2-4-14)21-6-9-23-10-7-21/h5,8,11,13-14H,1-4,6-7,9-10,12,18H2. The number of rotatable bonds is 5. The Morgan fingerprint density at radius 3 is 2.64 bits per heavy atom. The van der Waals surface area contributed by atoms with Crippen molar-refractivity contribution in [2.45, 2.75) is 44.4 Å². The summed E-state index contributed by atoms with van der Waals surface area (Å²) in [6, 6.07) is 1.06. The van der Waals surface area contributed by atoms with E-state index >= 15 is 0 Å². The Balaban J connectivity index is 1.32. The second kappa shape index (κ2) is 7.45. The third-order valence-corrected chi connectivity index (χ3v) is 5.14. The van der Waals surface area contributed by atoms with Gasteiger partial charge in [-0.2, -0.15) is 0 Å². The number of morpholine rings is 1. The molecule has 2 fully saturated rings. The lowest BCUT2D eigenvalue weighted by Crippen LogP contribution is -2.45. The molecule has 1 aliphatic carbocycles. The Morgan fingerprint density at radius 2 is 1.92 bits per heavy atom. The molecule has 0 bridgehead atoms. The van der Waals surface area contributed by atoms with Gasteiger partial charge < -0.3 is 19.6 Å². The van der Waals surface area contributed by atoms with Gasteiger partial charge in [0.05, 0.1) is 31.6 Å². The molecule has 136 valence electrons. The summed E-state index contributed by atoms with van der Waals surface area (Å²) in [4.78, 5) is 6.60. The molecule has 0 radical (unpaired) electrons. The van der Waals surface area contributed by atoms with Gasteiger partial charge in [0.15, 0.2) is 6.61 Å². The molecule has 2 aliphatic rings. The minimum Gasteiger partial charge on any atom is -0.465 e. The lowest BCUT2D eigenvalue weighted by atomic mass is 9.90. The predicted octanol–water partition coefficient (Wildman–Crippen LogP) is 1.85. The molecule has 1 saturated heterocycles. The normalized spacial score (nSPS) is 25.1. The van der Waals surface area contributed by atoms with Crippen molar-refractivity contribution < 1.29 is 13.9 Å².